The largest absolute Gasteiger partial charge is 0.490 e. The predicted molar refractivity (Wildman–Crippen MR) is 121 cm³/mol. The lowest BCUT2D eigenvalue weighted by molar-refractivity contribution is -0.125. The number of guanidine groups is 1. The van der Waals surface area contributed by atoms with Crippen LogP contribution in [-0.4, -0.2) is 45.2 Å². The number of nitrogens with zero attached hydrogens (tertiary/aromatic N) is 1. The number of hydrogen-bond acceptors (Lipinski definition) is 4. The first kappa shape index (κ1) is 23.8. The SMILES string of the molecule is CCOc1ccc(C(C)NC(=NC)NCCNC(=O)C2CCCCC2)cc1OCC. The Morgan fingerprint density at radius 2 is 1.73 bits per heavy atom. The molecule has 1 aliphatic carbocycles. The Balaban J connectivity index is 1.81. The molecule has 30 heavy (non-hydrogen) atoms. The Kier molecular flexibility index (Phi) is 10.3. The van der Waals surface area contributed by atoms with Gasteiger partial charge in [0.25, 0.3) is 0 Å². The van der Waals surface area contributed by atoms with Crippen LogP contribution in [0.5, 0.6) is 11.5 Å². The zero-order valence-electron chi connectivity index (χ0n) is 18.9. The van der Waals surface area contributed by atoms with Crippen molar-refractivity contribution in [3.8, 4) is 11.5 Å². The molecule has 0 spiro atoms. The predicted octanol–water partition coefficient (Wildman–Crippen LogP) is 3.41. The van der Waals surface area contributed by atoms with Gasteiger partial charge in [0.15, 0.2) is 17.5 Å². The summed E-state index contributed by atoms with van der Waals surface area (Å²) < 4.78 is 11.4. The quantitative estimate of drug-likeness (QED) is 0.308. The molecule has 0 heterocycles. The summed E-state index contributed by atoms with van der Waals surface area (Å²) in [5.74, 6) is 2.58. The van der Waals surface area contributed by atoms with Crippen molar-refractivity contribution in [3.05, 3.63) is 23.8 Å². The molecule has 7 nitrogen and oxygen atoms in total. The van der Waals surface area contributed by atoms with Crippen LogP contribution in [-0.2, 0) is 4.79 Å². The van der Waals surface area contributed by atoms with E-state index in [2.05, 4.69) is 27.9 Å². The Labute approximate surface area is 181 Å². The highest BCUT2D eigenvalue weighted by molar-refractivity contribution is 5.80. The second-order valence-electron chi connectivity index (χ2n) is 7.56. The van der Waals surface area contributed by atoms with Crippen LogP contribution in [0, 0.1) is 5.92 Å². The average molecular weight is 419 g/mol. The smallest absolute Gasteiger partial charge is 0.223 e. The number of carbonyl (C=O) groups is 1. The fourth-order valence-electron chi connectivity index (χ4n) is 3.70. The van der Waals surface area contributed by atoms with Crippen molar-refractivity contribution in [1.82, 2.24) is 16.0 Å². The first-order valence-electron chi connectivity index (χ1n) is 11.2. The van der Waals surface area contributed by atoms with Gasteiger partial charge in [-0.3, -0.25) is 9.79 Å². The number of rotatable bonds is 10. The van der Waals surface area contributed by atoms with Gasteiger partial charge in [0.05, 0.1) is 19.3 Å². The molecule has 1 aromatic carbocycles. The maximum atomic E-state index is 12.2. The van der Waals surface area contributed by atoms with Gasteiger partial charge in [0.1, 0.15) is 0 Å². The average Bonchev–Trinajstić information content (AvgIpc) is 2.77. The van der Waals surface area contributed by atoms with Crippen molar-refractivity contribution in [2.24, 2.45) is 10.9 Å². The van der Waals surface area contributed by atoms with Crippen LogP contribution in [0.3, 0.4) is 0 Å². The Morgan fingerprint density at radius 3 is 2.40 bits per heavy atom. The molecule has 1 aliphatic rings. The fourth-order valence-corrected chi connectivity index (χ4v) is 3.70. The van der Waals surface area contributed by atoms with E-state index in [4.69, 9.17) is 9.47 Å². The van der Waals surface area contributed by atoms with Crippen molar-refractivity contribution < 1.29 is 14.3 Å². The first-order valence-corrected chi connectivity index (χ1v) is 11.2. The Hall–Kier alpha value is -2.44. The van der Waals surface area contributed by atoms with Crippen molar-refractivity contribution in [2.75, 3.05) is 33.4 Å². The molecule has 7 heteroatoms. The number of amides is 1. The van der Waals surface area contributed by atoms with Gasteiger partial charge in [-0.25, -0.2) is 0 Å². The summed E-state index contributed by atoms with van der Waals surface area (Å²) in [6, 6.07) is 6.01. The highest BCUT2D eigenvalue weighted by atomic mass is 16.5. The second-order valence-corrected chi connectivity index (χ2v) is 7.56. The molecule has 1 aromatic rings. The van der Waals surface area contributed by atoms with Crippen LogP contribution in [0.25, 0.3) is 0 Å². The molecular formula is C23H38N4O3. The van der Waals surface area contributed by atoms with E-state index < -0.39 is 0 Å². The summed E-state index contributed by atoms with van der Waals surface area (Å²) >= 11 is 0. The summed E-state index contributed by atoms with van der Waals surface area (Å²) in [5, 5.41) is 9.69. The van der Waals surface area contributed by atoms with E-state index >= 15 is 0 Å². The van der Waals surface area contributed by atoms with Gasteiger partial charge in [-0.2, -0.15) is 0 Å². The maximum absolute atomic E-state index is 12.2. The number of nitrogens with one attached hydrogen (secondary N) is 3. The van der Waals surface area contributed by atoms with Gasteiger partial charge in [-0.1, -0.05) is 25.3 Å². The van der Waals surface area contributed by atoms with Crippen LogP contribution in [0.2, 0.25) is 0 Å². The van der Waals surface area contributed by atoms with Crippen molar-refractivity contribution in [2.45, 2.75) is 58.9 Å². The maximum Gasteiger partial charge on any atom is 0.223 e. The minimum atomic E-state index is 0.0305. The summed E-state index contributed by atoms with van der Waals surface area (Å²) in [7, 11) is 1.74. The van der Waals surface area contributed by atoms with Gasteiger partial charge in [0, 0.05) is 26.1 Å². The van der Waals surface area contributed by atoms with Gasteiger partial charge >= 0.3 is 0 Å². The number of benzene rings is 1. The summed E-state index contributed by atoms with van der Waals surface area (Å²) in [4.78, 5) is 16.5. The third-order valence-corrected chi connectivity index (χ3v) is 5.34. The standard InChI is InChI=1S/C23H38N4O3/c1-5-29-20-13-12-19(16-21(20)30-6-2)17(3)27-23(24-4)26-15-14-25-22(28)18-10-8-7-9-11-18/h12-13,16-18H,5-11,14-15H2,1-4H3,(H,25,28)(H2,24,26,27). The molecule has 0 saturated heterocycles. The molecule has 0 bridgehead atoms. The lowest BCUT2D eigenvalue weighted by Gasteiger charge is -2.22. The van der Waals surface area contributed by atoms with E-state index in [-0.39, 0.29) is 17.9 Å². The molecule has 3 N–H and O–H groups in total. The monoisotopic (exact) mass is 418 g/mol. The van der Waals surface area contributed by atoms with Crippen LogP contribution in [0.4, 0.5) is 0 Å². The molecule has 1 saturated carbocycles. The molecule has 1 unspecified atom stereocenters. The van der Waals surface area contributed by atoms with E-state index in [0.717, 1.165) is 29.9 Å². The van der Waals surface area contributed by atoms with Crippen LogP contribution < -0.4 is 25.4 Å². The molecule has 1 atom stereocenters. The molecule has 0 radical (unpaired) electrons. The summed E-state index contributed by atoms with van der Waals surface area (Å²) in [6.07, 6.45) is 5.63. The van der Waals surface area contributed by atoms with Crippen LogP contribution >= 0.6 is 0 Å². The van der Waals surface area contributed by atoms with Crippen molar-refractivity contribution in [3.63, 3.8) is 0 Å². The summed E-state index contributed by atoms with van der Waals surface area (Å²) in [5.41, 5.74) is 1.08. The zero-order chi connectivity index (χ0) is 21.8. The summed E-state index contributed by atoms with van der Waals surface area (Å²) in [6.45, 7) is 8.38. The molecule has 0 aliphatic heterocycles. The van der Waals surface area contributed by atoms with Gasteiger partial charge < -0.3 is 25.4 Å². The third-order valence-electron chi connectivity index (χ3n) is 5.34. The van der Waals surface area contributed by atoms with Crippen molar-refractivity contribution in [1.29, 1.82) is 0 Å². The molecule has 1 fully saturated rings. The third kappa shape index (κ3) is 7.43. The van der Waals surface area contributed by atoms with Gasteiger partial charge in [0.2, 0.25) is 5.91 Å². The van der Waals surface area contributed by atoms with Crippen LogP contribution in [0.15, 0.2) is 23.2 Å². The van der Waals surface area contributed by atoms with E-state index in [0.29, 0.717) is 32.3 Å². The van der Waals surface area contributed by atoms with Crippen molar-refractivity contribution >= 4 is 11.9 Å². The van der Waals surface area contributed by atoms with Gasteiger partial charge in [-0.05, 0) is 51.3 Å². The molecule has 1 amide bonds. The minimum Gasteiger partial charge on any atom is -0.490 e. The van der Waals surface area contributed by atoms with Gasteiger partial charge in [-0.15, -0.1) is 0 Å². The second kappa shape index (κ2) is 13.0. The Morgan fingerprint density at radius 1 is 1.07 bits per heavy atom. The minimum absolute atomic E-state index is 0.0305. The number of aliphatic imine (C=N–C) groups is 1. The Bertz CT molecular complexity index is 687. The number of hydrogen-bond donors (Lipinski definition) is 3. The normalized spacial score (nSPS) is 15.9. The highest BCUT2D eigenvalue weighted by Crippen LogP contribution is 2.30. The molecule has 168 valence electrons. The van der Waals surface area contributed by atoms with E-state index in [1.807, 2.05) is 32.0 Å². The highest BCUT2D eigenvalue weighted by Gasteiger charge is 2.20. The lowest BCUT2D eigenvalue weighted by Crippen LogP contribution is -2.43. The van der Waals surface area contributed by atoms with E-state index in [1.165, 1.54) is 19.3 Å². The van der Waals surface area contributed by atoms with E-state index in [1.54, 1.807) is 7.05 Å². The first-order chi connectivity index (χ1) is 14.6. The molecular weight excluding hydrogens is 380 g/mol. The fraction of sp³-hybridized carbons (Fsp3) is 0.652. The number of carbonyl (C=O) groups excluding carboxylic acids is 1. The van der Waals surface area contributed by atoms with E-state index in [9.17, 15) is 4.79 Å². The van der Waals surface area contributed by atoms with Crippen LogP contribution in [0.1, 0.15) is 64.5 Å². The molecule has 0 aromatic heterocycles. The molecule has 2 rings (SSSR count). The lowest BCUT2D eigenvalue weighted by atomic mass is 9.89. The zero-order valence-corrected chi connectivity index (χ0v) is 18.9. The number of ether oxygens (including phenoxy) is 2. The topological polar surface area (TPSA) is 84.0 Å².